The molecule has 0 bridgehead atoms. The van der Waals surface area contributed by atoms with Gasteiger partial charge in [0, 0.05) is 24.1 Å². The van der Waals surface area contributed by atoms with Crippen molar-refractivity contribution >= 4 is 23.0 Å². The van der Waals surface area contributed by atoms with Crippen LogP contribution in [-0.2, 0) is 11.8 Å². The number of hydrogen-bond donors (Lipinski definition) is 0. The monoisotopic (exact) mass is 187 g/mol. The molecule has 3 nitrogen and oxygen atoms in total. The first-order chi connectivity index (χ1) is 6.74. The fourth-order valence-electron chi connectivity index (χ4n) is 1.60. The lowest BCUT2D eigenvalue weighted by molar-refractivity contribution is -0.104. The molecule has 2 aromatic rings. The number of hydrogen-bond acceptors (Lipinski definition) is 2. The summed E-state index contributed by atoms with van der Waals surface area (Å²) < 4.78 is 1.84. The Kier molecular flexibility index (Phi) is 1.93. The number of aromatic nitrogens is 1. The van der Waals surface area contributed by atoms with E-state index in [1.807, 2.05) is 35.9 Å². The van der Waals surface area contributed by atoms with Gasteiger partial charge in [0.25, 0.3) is 0 Å². The summed E-state index contributed by atoms with van der Waals surface area (Å²) in [6.07, 6.45) is 2.03. The second kappa shape index (κ2) is 3.10. The lowest BCUT2D eigenvalue weighted by atomic mass is 10.1. The van der Waals surface area contributed by atoms with Crippen molar-refractivity contribution in [2.45, 2.75) is 0 Å². The van der Waals surface area contributed by atoms with Crippen molar-refractivity contribution in [3.05, 3.63) is 36.0 Å². The number of aldehydes is 1. The minimum Gasteiger partial charge on any atom is -0.350 e. The van der Waals surface area contributed by atoms with E-state index in [1.54, 1.807) is 6.20 Å². The van der Waals surface area contributed by atoms with Crippen molar-refractivity contribution in [3.63, 3.8) is 0 Å². The van der Waals surface area contributed by atoms with E-state index < -0.39 is 5.78 Å². The Hall–Kier alpha value is -1.90. The van der Waals surface area contributed by atoms with Gasteiger partial charge in [-0.2, -0.15) is 0 Å². The van der Waals surface area contributed by atoms with Gasteiger partial charge in [-0.3, -0.25) is 9.59 Å². The highest BCUT2D eigenvalue weighted by atomic mass is 16.2. The minimum atomic E-state index is -0.471. The van der Waals surface area contributed by atoms with Crippen LogP contribution in [0.3, 0.4) is 0 Å². The summed E-state index contributed by atoms with van der Waals surface area (Å²) in [5, 5.41) is 0.826. The van der Waals surface area contributed by atoms with Gasteiger partial charge in [-0.1, -0.05) is 18.2 Å². The van der Waals surface area contributed by atoms with Gasteiger partial charge < -0.3 is 4.57 Å². The predicted octanol–water partition coefficient (Wildman–Crippen LogP) is 1.56. The van der Waals surface area contributed by atoms with Crippen LogP contribution in [-0.4, -0.2) is 16.6 Å². The molecule has 0 N–H and O–H groups in total. The summed E-state index contributed by atoms with van der Waals surface area (Å²) >= 11 is 0. The normalized spacial score (nSPS) is 10.4. The van der Waals surface area contributed by atoms with Crippen molar-refractivity contribution < 1.29 is 9.59 Å². The molecule has 3 heteroatoms. The van der Waals surface area contributed by atoms with Crippen LogP contribution in [0.1, 0.15) is 10.4 Å². The van der Waals surface area contributed by atoms with Gasteiger partial charge in [-0.05, 0) is 6.07 Å². The van der Waals surface area contributed by atoms with Crippen LogP contribution in [0.2, 0.25) is 0 Å². The largest absolute Gasteiger partial charge is 0.350 e. The standard InChI is InChI=1S/C11H9NO2/c1-12-6-9(11(14)7-13)8-4-2-3-5-10(8)12/h2-7H,1H3. The van der Waals surface area contributed by atoms with E-state index in [0.29, 0.717) is 11.8 Å². The highest BCUT2D eigenvalue weighted by Gasteiger charge is 2.11. The van der Waals surface area contributed by atoms with Crippen LogP contribution in [0.5, 0.6) is 0 Å². The van der Waals surface area contributed by atoms with Crippen molar-refractivity contribution in [3.8, 4) is 0 Å². The topological polar surface area (TPSA) is 39.1 Å². The molecule has 0 spiro atoms. The van der Waals surface area contributed by atoms with Crippen molar-refractivity contribution in [2.75, 3.05) is 0 Å². The van der Waals surface area contributed by atoms with Gasteiger partial charge in [-0.25, -0.2) is 0 Å². The summed E-state index contributed by atoms with van der Waals surface area (Å²) in [6, 6.07) is 7.50. The number of benzene rings is 1. The number of Topliss-reactive ketones (excluding diaryl/α,β-unsaturated/α-hetero) is 1. The predicted molar refractivity (Wildman–Crippen MR) is 53.3 cm³/mol. The summed E-state index contributed by atoms with van der Waals surface area (Å²) in [6.45, 7) is 0. The molecule has 0 radical (unpaired) electrons. The molecule has 1 aromatic carbocycles. The number of ketones is 1. The Labute approximate surface area is 81.0 Å². The van der Waals surface area contributed by atoms with E-state index in [1.165, 1.54) is 0 Å². The number of rotatable bonds is 2. The molecule has 0 aliphatic carbocycles. The number of carbonyl (C=O) groups is 2. The van der Waals surface area contributed by atoms with Crippen LogP contribution < -0.4 is 0 Å². The quantitative estimate of drug-likeness (QED) is 0.406. The van der Waals surface area contributed by atoms with Crippen LogP contribution >= 0.6 is 0 Å². The summed E-state index contributed by atoms with van der Waals surface area (Å²) in [4.78, 5) is 21.7. The van der Waals surface area contributed by atoms with Crippen LogP contribution in [0, 0.1) is 0 Å². The van der Waals surface area contributed by atoms with E-state index in [0.717, 1.165) is 10.9 Å². The molecule has 2 rings (SSSR count). The Morgan fingerprint density at radius 3 is 2.79 bits per heavy atom. The van der Waals surface area contributed by atoms with Crippen molar-refractivity contribution in [2.24, 2.45) is 7.05 Å². The number of nitrogens with zero attached hydrogens (tertiary/aromatic N) is 1. The Morgan fingerprint density at radius 1 is 1.36 bits per heavy atom. The maximum Gasteiger partial charge on any atom is 0.227 e. The van der Waals surface area contributed by atoms with Gasteiger partial charge >= 0.3 is 0 Å². The lowest BCUT2D eigenvalue weighted by Crippen LogP contribution is -1.98. The maximum atomic E-state index is 11.3. The molecular weight excluding hydrogens is 178 g/mol. The fourth-order valence-corrected chi connectivity index (χ4v) is 1.60. The Morgan fingerprint density at radius 2 is 2.07 bits per heavy atom. The maximum absolute atomic E-state index is 11.3. The highest BCUT2D eigenvalue weighted by molar-refractivity contribution is 6.36. The van der Waals surface area contributed by atoms with Crippen LogP contribution in [0.15, 0.2) is 30.5 Å². The smallest absolute Gasteiger partial charge is 0.227 e. The summed E-state index contributed by atoms with van der Waals surface area (Å²) in [7, 11) is 1.85. The van der Waals surface area contributed by atoms with Crippen molar-refractivity contribution in [1.29, 1.82) is 0 Å². The second-order valence-corrected chi connectivity index (χ2v) is 3.15. The van der Waals surface area contributed by atoms with E-state index in [2.05, 4.69) is 0 Å². The zero-order chi connectivity index (χ0) is 10.1. The van der Waals surface area contributed by atoms with Crippen molar-refractivity contribution in [1.82, 2.24) is 4.57 Å². The van der Waals surface area contributed by atoms with Gasteiger partial charge in [0.15, 0.2) is 6.29 Å². The Bertz CT molecular complexity index is 511. The number of para-hydroxylation sites is 1. The molecule has 1 aromatic heterocycles. The van der Waals surface area contributed by atoms with Gasteiger partial charge in [0.2, 0.25) is 5.78 Å². The molecule has 0 atom stereocenters. The second-order valence-electron chi connectivity index (χ2n) is 3.15. The molecular formula is C11H9NO2. The molecule has 0 saturated carbocycles. The first-order valence-corrected chi connectivity index (χ1v) is 4.27. The summed E-state index contributed by atoms with van der Waals surface area (Å²) in [5.41, 5.74) is 1.43. The molecule has 0 saturated heterocycles. The third-order valence-corrected chi connectivity index (χ3v) is 2.27. The average molecular weight is 187 g/mol. The molecule has 0 amide bonds. The number of aryl methyl sites for hydroxylation is 1. The molecule has 0 fully saturated rings. The number of fused-ring (bicyclic) bond motifs is 1. The molecule has 0 aliphatic rings. The first kappa shape index (κ1) is 8.69. The molecule has 0 aliphatic heterocycles. The van der Waals surface area contributed by atoms with Gasteiger partial charge in [-0.15, -0.1) is 0 Å². The first-order valence-electron chi connectivity index (χ1n) is 4.27. The zero-order valence-electron chi connectivity index (χ0n) is 7.73. The number of carbonyl (C=O) groups excluding carboxylic acids is 2. The molecule has 70 valence electrons. The third kappa shape index (κ3) is 1.14. The van der Waals surface area contributed by atoms with E-state index in [9.17, 15) is 9.59 Å². The molecule has 1 heterocycles. The Balaban J connectivity index is 2.78. The SMILES string of the molecule is Cn1cc(C(=O)C=O)c2ccccc21. The van der Waals surface area contributed by atoms with E-state index in [-0.39, 0.29) is 0 Å². The van der Waals surface area contributed by atoms with E-state index in [4.69, 9.17) is 0 Å². The van der Waals surface area contributed by atoms with E-state index >= 15 is 0 Å². The molecule has 14 heavy (non-hydrogen) atoms. The fraction of sp³-hybridized carbons (Fsp3) is 0.0909. The third-order valence-electron chi connectivity index (χ3n) is 2.27. The minimum absolute atomic E-state index is 0.349. The van der Waals surface area contributed by atoms with Crippen LogP contribution in [0.25, 0.3) is 10.9 Å². The molecule has 0 unspecified atom stereocenters. The summed E-state index contributed by atoms with van der Waals surface area (Å²) in [5.74, 6) is -0.471. The average Bonchev–Trinajstić information content (AvgIpc) is 2.56. The zero-order valence-corrected chi connectivity index (χ0v) is 7.73. The highest BCUT2D eigenvalue weighted by Crippen LogP contribution is 2.19. The van der Waals surface area contributed by atoms with Gasteiger partial charge in [0.05, 0.1) is 5.56 Å². The van der Waals surface area contributed by atoms with Gasteiger partial charge in [0.1, 0.15) is 0 Å². The lowest BCUT2D eigenvalue weighted by Gasteiger charge is -1.92. The van der Waals surface area contributed by atoms with Crippen LogP contribution in [0.4, 0.5) is 0 Å².